The number of carbonyl (C=O) groups is 1. The van der Waals surface area contributed by atoms with Gasteiger partial charge in [-0.3, -0.25) is 5.32 Å². The predicted molar refractivity (Wildman–Crippen MR) is 87.3 cm³/mol. The number of nitrogens with one attached hydrogen (secondary N) is 2. The molecule has 6 nitrogen and oxygen atoms in total. The Hall–Kier alpha value is -1.56. The Kier molecular flexibility index (Phi) is 3.24. The van der Waals surface area contributed by atoms with Crippen LogP contribution in [0.1, 0.15) is 46.5 Å². The Balaban J connectivity index is 1.44. The number of urea groups is 1. The van der Waals surface area contributed by atoms with Crippen LogP contribution in [0.15, 0.2) is 12.3 Å². The normalized spacial score (nSPS) is 31.2. The third-order valence-corrected chi connectivity index (χ3v) is 5.84. The molecule has 2 aliphatic carbocycles. The predicted octanol–water partition coefficient (Wildman–Crippen LogP) is 2.72. The van der Waals surface area contributed by atoms with E-state index in [4.69, 9.17) is 4.74 Å². The second-order valence-electron chi connectivity index (χ2n) is 8.21. The van der Waals surface area contributed by atoms with E-state index < -0.39 is 0 Å². The maximum absolute atomic E-state index is 12.5. The van der Waals surface area contributed by atoms with Crippen molar-refractivity contribution in [3.8, 4) is 0 Å². The highest BCUT2D eigenvalue weighted by molar-refractivity contribution is 5.88. The Labute approximate surface area is 137 Å². The largest absolute Gasteiger partial charge is 0.377 e. The SMILES string of the molecule is CC(C)(C)n1nccc1NC(=O)NC1C2CCOC2C12CCC2. The zero-order chi connectivity index (χ0) is 16.2. The average Bonchev–Trinajstić information content (AvgIpc) is 3.01. The van der Waals surface area contributed by atoms with Crippen LogP contribution in [-0.4, -0.2) is 34.6 Å². The van der Waals surface area contributed by atoms with Crippen molar-refractivity contribution in [2.24, 2.45) is 11.3 Å². The van der Waals surface area contributed by atoms with Crippen molar-refractivity contribution in [2.45, 2.75) is 64.1 Å². The van der Waals surface area contributed by atoms with Gasteiger partial charge in [0.05, 0.1) is 17.8 Å². The van der Waals surface area contributed by atoms with Gasteiger partial charge in [0.2, 0.25) is 0 Å². The summed E-state index contributed by atoms with van der Waals surface area (Å²) in [6.07, 6.45) is 6.78. The molecule has 0 radical (unpaired) electrons. The Morgan fingerprint density at radius 3 is 2.87 bits per heavy atom. The fourth-order valence-electron chi connectivity index (χ4n) is 4.68. The molecule has 3 fully saturated rings. The molecule has 3 unspecified atom stereocenters. The van der Waals surface area contributed by atoms with E-state index in [-0.39, 0.29) is 23.0 Å². The second-order valence-corrected chi connectivity index (χ2v) is 8.21. The van der Waals surface area contributed by atoms with Crippen LogP contribution in [0.25, 0.3) is 0 Å². The number of hydrogen-bond donors (Lipinski definition) is 2. The number of amides is 2. The van der Waals surface area contributed by atoms with Crippen molar-refractivity contribution in [3.05, 3.63) is 12.3 Å². The molecule has 23 heavy (non-hydrogen) atoms. The van der Waals surface area contributed by atoms with Crippen LogP contribution in [-0.2, 0) is 10.3 Å². The van der Waals surface area contributed by atoms with Crippen molar-refractivity contribution in [1.82, 2.24) is 15.1 Å². The van der Waals surface area contributed by atoms with Crippen LogP contribution in [0.3, 0.4) is 0 Å². The van der Waals surface area contributed by atoms with Gasteiger partial charge in [0.15, 0.2) is 0 Å². The van der Waals surface area contributed by atoms with E-state index in [9.17, 15) is 4.79 Å². The number of rotatable bonds is 2. The molecule has 3 atom stereocenters. The minimum absolute atomic E-state index is 0.127. The third-order valence-electron chi connectivity index (χ3n) is 5.84. The van der Waals surface area contributed by atoms with Gasteiger partial charge in [-0.25, -0.2) is 9.48 Å². The molecule has 2 heterocycles. The van der Waals surface area contributed by atoms with E-state index in [0.717, 1.165) is 18.8 Å². The quantitative estimate of drug-likeness (QED) is 0.881. The lowest BCUT2D eigenvalue weighted by Crippen LogP contribution is -2.72. The van der Waals surface area contributed by atoms with Gasteiger partial charge >= 0.3 is 6.03 Å². The van der Waals surface area contributed by atoms with Crippen LogP contribution in [0.4, 0.5) is 10.6 Å². The van der Waals surface area contributed by atoms with Crippen LogP contribution in [0, 0.1) is 11.3 Å². The van der Waals surface area contributed by atoms with E-state index in [1.807, 2.05) is 10.7 Å². The molecule has 0 bridgehead atoms. The standard InChI is InChI=1S/C17H26N4O2/c1-16(2,3)21-12(5-9-18-21)19-15(22)20-13-11-6-10-23-14(11)17(13)7-4-8-17/h5,9,11,13-14H,4,6-8,10H2,1-3H3,(H2,19,20,22). The van der Waals surface area contributed by atoms with Gasteiger partial charge < -0.3 is 10.1 Å². The highest BCUT2D eigenvalue weighted by Crippen LogP contribution is 2.62. The van der Waals surface area contributed by atoms with Gasteiger partial charge in [0.25, 0.3) is 0 Å². The summed E-state index contributed by atoms with van der Waals surface area (Å²) >= 11 is 0. The summed E-state index contributed by atoms with van der Waals surface area (Å²) in [5.41, 5.74) is 0.0466. The number of ether oxygens (including phenoxy) is 1. The summed E-state index contributed by atoms with van der Waals surface area (Å²) in [5, 5.41) is 10.5. The molecule has 2 N–H and O–H groups in total. The summed E-state index contributed by atoms with van der Waals surface area (Å²) in [7, 11) is 0. The molecule has 1 spiro atoms. The Morgan fingerprint density at radius 2 is 2.22 bits per heavy atom. The molecule has 6 heteroatoms. The van der Waals surface area contributed by atoms with Gasteiger partial charge in [0, 0.05) is 30.0 Å². The van der Waals surface area contributed by atoms with Crippen molar-refractivity contribution in [2.75, 3.05) is 11.9 Å². The number of nitrogens with zero attached hydrogens (tertiary/aromatic N) is 2. The van der Waals surface area contributed by atoms with Crippen LogP contribution in [0.5, 0.6) is 0 Å². The van der Waals surface area contributed by atoms with E-state index >= 15 is 0 Å². The molecule has 1 aromatic heterocycles. The summed E-state index contributed by atoms with van der Waals surface area (Å²) in [6, 6.07) is 1.97. The molecular weight excluding hydrogens is 292 g/mol. The fourth-order valence-corrected chi connectivity index (χ4v) is 4.68. The highest BCUT2D eigenvalue weighted by Gasteiger charge is 2.67. The van der Waals surface area contributed by atoms with Gasteiger partial charge in [0.1, 0.15) is 5.82 Å². The molecule has 2 saturated carbocycles. The fraction of sp³-hybridized carbons (Fsp3) is 0.765. The molecule has 4 rings (SSSR count). The zero-order valence-corrected chi connectivity index (χ0v) is 14.1. The molecule has 0 aromatic carbocycles. The lowest BCUT2D eigenvalue weighted by atomic mass is 9.46. The third kappa shape index (κ3) is 2.18. The van der Waals surface area contributed by atoms with E-state index in [0.29, 0.717) is 12.0 Å². The first-order valence-electron chi connectivity index (χ1n) is 8.65. The summed E-state index contributed by atoms with van der Waals surface area (Å²) in [6.45, 7) is 7.05. The Morgan fingerprint density at radius 1 is 1.43 bits per heavy atom. The van der Waals surface area contributed by atoms with Crippen molar-refractivity contribution in [3.63, 3.8) is 0 Å². The van der Waals surface area contributed by atoms with Crippen LogP contribution >= 0.6 is 0 Å². The Bertz CT molecular complexity index is 614. The second kappa shape index (κ2) is 4.97. The van der Waals surface area contributed by atoms with E-state index in [1.165, 1.54) is 19.3 Å². The first-order chi connectivity index (χ1) is 10.9. The topological polar surface area (TPSA) is 68.2 Å². The number of aromatic nitrogens is 2. The van der Waals surface area contributed by atoms with Crippen molar-refractivity contribution in [1.29, 1.82) is 0 Å². The molecule has 1 aliphatic heterocycles. The summed E-state index contributed by atoms with van der Waals surface area (Å²) in [4.78, 5) is 12.5. The minimum Gasteiger partial charge on any atom is -0.377 e. The minimum atomic E-state index is -0.165. The van der Waals surface area contributed by atoms with Crippen LogP contribution in [0.2, 0.25) is 0 Å². The first kappa shape index (κ1) is 15.0. The number of carbonyl (C=O) groups excluding carboxylic acids is 1. The smallest absolute Gasteiger partial charge is 0.320 e. The maximum atomic E-state index is 12.5. The van der Waals surface area contributed by atoms with Crippen LogP contribution < -0.4 is 10.6 Å². The molecular formula is C17H26N4O2. The van der Waals surface area contributed by atoms with Gasteiger partial charge in [-0.05, 0) is 40.0 Å². The van der Waals surface area contributed by atoms with Gasteiger partial charge in [-0.1, -0.05) is 6.42 Å². The van der Waals surface area contributed by atoms with E-state index in [1.54, 1.807) is 6.20 Å². The summed E-state index contributed by atoms with van der Waals surface area (Å²) < 4.78 is 7.75. The summed E-state index contributed by atoms with van der Waals surface area (Å²) in [5.74, 6) is 1.23. The number of fused-ring (bicyclic) bond motifs is 2. The average molecular weight is 318 g/mol. The van der Waals surface area contributed by atoms with E-state index in [2.05, 4.69) is 36.5 Å². The molecule has 2 amide bonds. The monoisotopic (exact) mass is 318 g/mol. The first-order valence-corrected chi connectivity index (χ1v) is 8.65. The zero-order valence-electron chi connectivity index (χ0n) is 14.1. The lowest BCUT2D eigenvalue weighted by Gasteiger charge is -2.63. The lowest BCUT2D eigenvalue weighted by molar-refractivity contribution is -0.171. The molecule has 126 valence electrons. The van der Waals surface area contributed by atoms with Gasteiger partial charge in [-0.2, -0.15) is 5.10 Å². The number of hydrogen-bond acceptors (Lipinski definition) is 3. The molecule has 1 saturated heterocycles. The van der Waals surface area contributed by atoms with Crippen molar-refractivity contribution >= 4 is 11.8 Å². The van der Waals surface area contributed by atoms with Gasteiger partial charge in [-0.15, -0.1) is 0 Å². The maximum Gasteiger partial charge on any atom is 0.320 e. The number of anilines is 1. The molecule has 3 aliphatic rings. The van der Waals surface area contributed by atoms with Crippen molar-refractivity contribution < 1.29 is 9.53 Å². The highest BCUT2D eigenvalue weighted by atomic mass is 16.5. The molecule has 1 aromatic rings.